The summed E-state index contributed by atoms with van der Waals surface area (Å²) >= 11 is 4.67. The topological polar surface area (TPSA) is 0 Å². The van der Waals surface area contributed by atoms with E-state index in [4.69, 9.17) is 0 Å². The molecule has 47 valence electrons. The fourth-order valence-electron chi connectivity index (χ4n) is 0.392. The zero-order valence-corrected chi connectivity index (χ0v) is 6.73. The van der Waals surface area contributed by atoms with Crippen LogP contribution in [0.5, 0.6) is 0 Å². The number of hydrogen-bond donors (Lipinski definition) is 0. The molecule has 0 amide bonds. The second kappa shape index (κ2) is 7.44. The molecular formula is C6H11S2. The van der Waals surface area contributed by atoms with Gasteiger partial charge in [0.05, 0.1) is 0 Å². The maximum Gasteiger partial charge on any atom is 0.0226 e. The summed E-state index contributed by atoms with van der Waals surface area (Å²) in [7, 11) is 1.45. The summed E-state index contributed by atoms with van der Waals surface area (Å²) in [6.07, 6.45) is 6.73. The highest BCUT2D eigenvalue weighted by Crippen LogP contribution is 2.04. The normalized spacial score (nSPS) is 10.8. The molecule has 0 atom stereocenters. The fraction of sp³-hybridized carbons (Fsp3) is 0.667. The van der Waals surface area contributed by atoms with Crippen molar-refractivity contribution in [3.63, 3.8) is 0 Å². The predicted molar refractivity (Wildman–Crippen MR) is 44.1 cm³/mol. The van der Waals surface area contributed by atoms with Gasteiger partial charge in [0.15, 0.2) is 0 Å². The molecule has 0 unspecified atom stereocenters. The second-order valence-electron chi connectivity index (χ2n) is 1.54. The Morgan fingerprint density at radius 3 is 2.75 bits per heavy atom. The number of hydrogen-bond acceptors (Lipinski definition) is 1. The van der Waals surface area contributed by atoms with Crippen molar-refractivity contribution in [1.29, 1.82) is 0 Å². The number of rotatable bonds is 4. The molecule has 0 saturated heterocycles. The molecule has 0 heterocycles. The van der Waals surface area contributed by atoms with Gasteiger partial charge >= 0.3 is 0 Å². The van der Waals surface area contributed by atoms with Crippen molar-refractivity contribution in [3.05, 3.63) is 12.2 Å². The van der Waals surface area contributed by atoms with Gasteiger partial charge < -0.3 is 0 Å². The molecule has 0 N–H and O–H groups in total. The Morgan fingerprint density at radius 2 is 2.25 bits per heavy atom. The first-order valence-electron chi connectivity index (χ1n) is 2.81. The van der Waals surface area contributed by atoms with Crippen LogP contribution in [-0.4, -0.2) is 5.75 Å². The van der Waals surface area contributed by atoms with Crippen LogP contribution in [-0.2, 0) is 0 Å². The summed E-state index contributed by atoms with van der Waals surface area (Å²) in [6, 6.07) is 0. The minimum Gasteiger partial charge on any atom is -0.0877 e. The van der Waals surface area contributed by atoms with Gasteiger partial charge in [0.1, 0.15) is 0 Å². The first-order valence-corrected chi connectivity index (χ1v) is 4.72. The molecule has 0 rings (SSSR count). The van der Waals surface area contributed by atoms with Crippen molar-refractivity contribution in [3.8, 4) is 0 Å². The summed E-state index contributed by atoms with van der Waals surface area (Å²) in [5.41, 5.74) is 0. The summed E-state index contributed by atoms with van der Waals surface area (Å²) in [5.74, 6) is 0.981. The van der Waals surface area contributed by atoms with Crippen molar-refractivity contribution in [2.75, 3.05) is 5.75 Å². The number of unbranched alkanes of at least 4 members (excludes halogenated alkanes) is 1. The Balaban J connectivity index is 2.83. The third-order valence-corrected chi connectivity index (χ3v) is 1.52. The van der Waals surface area contributed by atoms with Crippen LogP contribution in [0.2, 0.25) is 0 Å². The van der Waals surface area contributed by atoms with Gasteiger partial charge in [-0.2, -0.15) is 0 Å². The van der Waals surface area contributed by atoms with Crippen molar-refractivity contribution in [2.45, 2.75) is 19.8 Å². The monoisotopic (exact) mass is 147 g/mol. The van der Waals surface area contributed by atoms with Crippen LogP contribution in [0.1, 0.15) is 19.8 Å². The van der Waals surface area contributed by atoms with E-state index in [0.29, 0.717) is 0 Å². The average molecular weight is 147 g/mol. The van der Waals surface area contributed by atoms with E-state index < -0.39 is 0 Å². The highest BCUT2D eigenvalue weighted by molar-refractivity contribution is 8.68. The molecule has 0 saturated carbocycles. The maximum atomic E-state index is 4.67. The molecule has 0 aromatic heterocycles. The molecule has 2 heteroatoms. The van der Waals surface area contributed by atoms with Gasteiger partial charge in [-0.25, -0.2) is 0 Å². The van der Waals surface area contributed by atoms with Gasteiger partial charge in [0, 0.05) is 5.75 Å². The van der Waals surface area contributed by atoms with Crippen LogP contribution >= 0.6 is 22.5 Å². The highest BCUT2D eigenvalue weighted by atomic mass is 33.1. The molecule has 0 bridgehead atoms. The van der Waals surface area contributed by atoms with E-state index >= 15 is 0 Å². The van der Waals surface area contributed by atoms with Gasteiger partial charge in [-0.3, -0.25) is 0 Å². The van der Waals surface area contributed by atoms with Crippen LogP contribution in [0.4, 0.5) is 0 Å². The first-order chi connectivity index (χ1) is 3.91. The van der Waals surface area contributed by atoms with Crippen LogP contribution in [0, 0.1) is 0 Å². The molecule has 0 aliphatic heterocycles. The van der Waals surface area contributed by atoms with Crippen molar-refractivity contribution < 1.29 is 0 Å². The zero-order valence-electron chi connectivity index (χ0n) is 5.09. The van der Waals surface area contributed by atoms with Gasteiger partial charge in [0.25, 0.3) is 0 Å². The molecule has 0 aromatic rings. The molecule has 0 aromatic carbocycles. The van der Waals surface area contributed by atoms with E-state index in [2.05, 4.69) is 30.7 Å². The maximum absolute atomic E-state index is 4.67. The van der Waals surface area contributed by atoms with E-state index in [-0.39, 0.29) is 0 Å². The van der Waals surface area contributed by atoms with Gasteiger partial charge in [-0.15, -0.1) is 0 Å². The number of allylic oxidation sites excluding steroid dienone is 1. The quantitative estimate of drug-likeness (QED) is 0.435. The molecule has 0 fully saturated rings. The molecule has 0 aliphatic rings. The largest absolute Gasteiger partial charge is 0.0877 e. The van der Waals surface area contributed by atoms with Gasteiger partial charge in [-0.05, 0) is 18.1 Å². The minimum atomic E-state index is 0.981. The first kappa shape index (κ1) is 8.44. The van der Waals surface area contributed by atoms with Crippen molar-refractivity contribution >= 4 is 22.5 Å². The molecule has 0 spiro atoms. The summed E-state index contributed by atoms with van der Waals surface area (Å²) < 4.78 is 0. The lowest BCUT2D eigenvalue weighted by atomic mass is 10.3. The second-order valence-corrected chi connectivity index (χ2v) is 2.82. The molecular weight excluding hydrogens is 136 g/mol. The standard InChI is InChI=1S/C6H11S2/c1-2-3-4-5-6-8-7/h4-5H,2-3,6H2,1H3. The van der Waals surface area contributed by atoms with E-state index in [0.717, 1.165) is 5.75 Å². The molecule has 0 nitrogen and oxygen atoms in total. The van der Waals surface area contributed by atoms with Gasteiger partial charge in [-0.1, -0.05) is 36.3 Å². The molecule has 1 radical (unpaired) electrons. The van der Waals surface area contributed by atoms with Crippen LogP contribution in [0.25, 0.3) is 0 Å². The van der Waals surface area contributed by atoms with Crippen LogP contribution < -0.4 is 0 Å². The van der Waals surface area contributed by atoms with Crippen molar-refractivity contribution in [2.24, 2.45) is 0 Å². The van der Waals surface area contributed by atoms with Crippen LogP contribution in [0.15, 0.2) is 12.2 Å². The van der Waals surface area contributed by atoms with E-state index in [1.807, 2.05) is 0 Å². The zero-order chi connectivity index (χ0) is 6.24. The van der Waals surface area contributed by atoms with Gasteiger partial charge in [0.2, 0.25) is 0 Å². The van der Waals surface area contributed by atoms with Crippen molar-refractivity contribution in [1.82, 2.24) is 0 Å². The summed E-state index contributed by atoms with van der Waals surface area (Å²) in [4.78, 5) is 0. The summed E-state index contributed by atoms with van der Waals surface area (Å²) in [5, 5.41) is 0. The third-order valence-electron chi connectivity index (χ3n) is 0.786. The van der Waals surface area contributed by atoms with E-state index in [1.165, 1.54) is 23.6 Å². The Hall–Kier alpha value is 0.440. The van der Waals surface area contributed by atoms with E-state index in [1.54, 1.807) is 0 Å². The lowest BCUT2D eigenvalue weighted by molar-refractivity contribution is 0.957. The fourth-order valence-corrected chi connectivity index (χ4v) is 0.842. The third kappa shape index (κ3) is 6.44. The lowest BCUT2D eigenvalue weighted by Gasteiger charge is -1.82. The average Bonchev–Trinajstić information content (AvgIpc) is 1.81. The Bertz CT molecular complexity index is 51.5. The minimum absolute atomic E-state index is 0.981. The molecule has 8 heavy (non-hydrogen) atoms. The smallest absolute Gasteiger partial charge is 0.0226 e. The SMILES string of the molecule is CCCC=CCS[S]. The highest BCUT2D eigenvalue weighted by Gasteiger charge is 1.73. The Labute approximate surface area is 60.6 Å². The Kier molecular flexibility index (Phi) is 7.85. The summed E-state index contributed by atoms with van der Waals surface area (Å²) in [6.45, 7) is 2.17. The van der Waals surface area contributed by atoms with E-state index in [9.17, 15) is 0 Å². The molecule has 0 aliphatic carbocycles. The Morgan fingerprint density at radius 1 is 1.50 bits per heavy atom. The lowest BCUT2D eigenvalue weighted by Crippen LogP contribution is -1.64. The van der Waals surface area contributed by atoms with Crippen LogP contribution in [0.3, 0.4) is 0 Å². The predicted octanol–water partition coefficient (Wildman–Crippen LogP) is 3.19.